The van der Waals surface area contributed by atoms with E-state index in [9.17, 15) is 4.20 Å². The molecule has 0 unspecified atom stereocenters. The second kappa shape index (κ2) is 14.5. The van der Waals surface area contributed by atoms with Gasteiger partial charge < -0.3 is 14.4 Å². The maximum atomic E-state index is 10.1. The zero-order valence-corrected chi connectivity index (χ0v) is 21.6. The highest BCUT2D eigenvalue weighted by atomic mass is 127. The van der Waals surface area contributed by atoms with Gasteiger partial charge in [0.25, 0.3) is 0 Å². The van der Waals surface area contributed by atoms with Crippen LogP contribution >= 0.6 is 7.91 Å². The first kappa shape index (κ1) is 25.7. The molecule has 0 aliphatic carbocycles. The van der Waals surface area contributed by atoms with Gasteiger partial charge in [-0.25, -0.2) is 4.20 Å². The van der Waals surface area contributed by atoms with Gasteiger partial charge in [0.1, 0.15) is 7.91 Å². The number of halogens is 3. The minimum atomic E-state index is -5.64. The Hall–Kier alpha value is -1.58. The van der Waals surface area contributed by atoms with Crippen molar-refractivity contribution in [1.29, 1.82) is 0 Å². The average Bonchev–Trinajstić information content (AvgIpc) is 2.76. The second-order valence-electron chi connectivity index (χ2n) is 5.80. The third-order valence-corrected chi connectivity index (χ3v) is 8.74. The molecule has 0 fully saturated rings. The molecule has 4 rings (SSSR count). The predicted molar refractivity (Wildman–Crippen MR) is 109 cm³/mol. The standard InChI is InChI=1S/2C12H10I.FH2O3P/c2*1-3-7-11(8-4-1)13-12-9-5-2-6-10-12;1-5(2,3)4/h2*1-10H;(H2,2,3,4)/q2*+1;/p-2. The molecule has 0 bridgehead atoms. The fourth-order valence-electron chi connectivity index (χ4n) is 2.16. The van der Waals surface area contributed by atoms with E-state index in [-0.39, 0.29) is 42.4 Å². The quantitative estimate of drug-likeness (QED) is 0.196. The van der Waals surface area contributed by atoms with Gasteiger partial charge in [-0.05, 0) is 48.5 Å². The van der Waals surface area contributed by atoms with Crippen LogP contribution in [0.5, 0.6) is 0 Å². The Morgan fingerprint density at radius 1 is 0.484 bits per heavy atom. The molecule has 0 atom stereocenters. The lowest BCUT2D eigenvalue weighted by Gasteiger charge is -2.15. The Bertz CT molecular complexity index is 871. The Morgan fingerprint density at radius 2 is 0.645 bits per heavy atom. The Kier molecular flexibility index (Phi) is 12.0. The lowest BCUT2D eigenvalue weighted by Crippen LogP contribution is -3.61. The van der Waals surface area contributed by atoms with Crippen molar-refractivity contribution in [2.24, 2.45) is 0 Å². The van der Waals surface area contributed by atoms with E-state index in [4.69, 9.17) is 14.4 Å². The van der Waals surface area contributed by atoms with Crippen molar-refractivity contribution in [3.8, 4) is 0 Å². The van der Waals surface area contributed by atoms with Crippen molar-refractivity contribution in [3.05, 3.63) is 136 Å². The van der Waals surface area contributed by atoms with E-state index < -0.39 is 7.91 Å². The van der Waals surface area contributed by atoms with Crippen LogP contribution in [0.3, 0.4) is 0 Å². The van der Waals surface area contributed by atoms with E-state index in [0.717, 1.165) is 0 Å². The topological polar surface area (TPSA) is 63.2 Å². The molecule has 0 aromatic heterocycles. The molecule has 4 aromatic carbocycles. The molecule has 7 heteroatoms. The number of hydrogen-bond acceptors (Lipinski definition) is 3. The van der Waals surface area contributed by atoms with Crippen molar-refractivity contribution >= 4 is 7.91 Å². The summed E-state index contributed by atoms with van der Waals surface area (Å²) >= 11 is 0.0574. The van der Waals surface area contributed by atoms with Gasteiger partial charge in [0.05, 0.1) is 0 Å². The normalized spacial score (nSPS) is 10.2. The first-order valence-electron chi connectivity index (χ1n) is 9.12. The first-order chi connectivity index (χ1) is 14.9. The molecule has 4 aromatic rings. The van der Waals surface area contributed by atoms with Crippen LogP contribution in [0.4, 0.5) is 4.20 Å². The van der Waals surface area contributed by atoms with Crippen molar-refractivity contribution < 1.29 is 61.0 Å². The van der Waals surface area contributed by atoms with Gasteiger partial charge in [0.2, 0.25) is 0 Å². The molecule has 0 aliphatic rings. The molecule has 3 nitrogen and oxygen atoms in total. The van der Waals surface area contributed by atoms with E-state index in [1.54, 1.807) is 0 Å². The number of benzene rings is 4. The van der Waals surface area contributed by atoms with Crippen molar-refractivity contribution in [3.63, 3.8) is 0 Å². The van der Waals surface area contributed by atoms with E-state index in [2.05, 4.69) is 121 Å². The van der Waals surface area contributed by atoms with Crippen LogP contribution in [0.15, 0.2) is 121 Å². The van der Waals surface area contributed by atoms with Crippen LogP contribution in [0.1, 0.15) is 0 Å². The van der Waals surface area contributed by atoms with Crippen molar-refractivity contribution in [1.82, 2.24) is 0 Å². The van der Waals surface area contributed by atoms with Gasteiger partial charge in [-0.3, -0.25) is 0 Å². The van der Waals surface area contributed by atoms with Crippen molar-refractivity contribution in [2.75, 3.05) is 0 Å². The molecule has 0 N–H and O–H groups in total. The predicted octanol–water partition coefficient (Wildman–Crippen LogP) is -1.59. The van der Waals surface area contributed by atoms with Gasteiger partial charge in [-0.2, -0.15) is 0 Å². The summed E-state index contributed by atoms with van der Waals surface area (Å²) in [5.74, 6) is 0. The summed E-state index contributed by atoms with van der Waals surface area (Å²) in [6.45, 7) is 0. The molecular weight excluding hydrogens is 640 g/mol. The first-order valence-corrected chi connectivity index (χ1v) is 14.9. The molecule has 0 spiro atoms. The summed E-state index contributed by atoms with van der Waals surface area (Å²) in [5, 5.41) is 0. The molecule has 0 saturated heterocycles. The summed E-state index contributed by atoms with van der Waals surface area (Å²) in [5.41, 5.74) is 0. The van der Waals surface area contributed by atoms with Gasteiger partial charge in [-0.15, -0.1) is 0 Å². The van der Waals surface area contributed by atoms with Gasteiger partial charge in [0, 0.05) is 0 Å². The Balaban J connectivity index is 0.000000182. The molecule has 0 radical (unpaired) electrons. The molecule has 31 heavy (non-hydrogen) atoms. The SMILES string of the molecule is O=P([O-])([O-])F.c1ccc([I+]c2ccccc2)cc1.c1ccc([I+]c2ccccc2)cc1. The smallest absolute Gasteiger partial charge is 0.357 e. The minimum absolute atomic E-state index is 0.0287. The van der Waals surface area contributed by atoms with Crippen LogP contribution in [0.25, 0.3) is 0 Å². The maximum Gasteiger partial charge on any atom is 0.357 e. The molecule has 0 amide bonds. The van der Waals surface area contributed by atoms with E-state index >= 15 is 0 Å². The van der Waals surface area contributed by atoms with E-state index in [1.165, 1.54) is 14.3 Å². The fourth-order valence-corrected chi connectivity index (χ4v) is 6.70. The summed E-state index contributed by atoms with van der Waals surface area (Å²) < 4.78 is 24.5. The van der Waals surface area contributed by atoms with Crippen LogP contribution in [0, 0.1) is 14.3 Å². The average molecular weight is 660 g/mol. The monoisotopic (exact) mass is 660 g/mol. The van der Waals surface area contributed by atoms with Crippen LogP contribution < -0.4 is 52.2 Å². The van der Waals surface area contributed by atoms with Gasteiger partial charge >= 0.3 is 42.4 Å². The van der Waals surface area contributed by atoms with Gasteiger partial charge in [0.15, 0.2) is 14.3 Å². The van der Waals surface area contributed by atoms with E-state index in [0.29, 0.717) is 0 Å². The van der Waals surface area contributed by atoms with E-state index in [1.807, 2.05) is 0 Å². The van der Waals surface area contributed by atoms with Crippen LogP contribution in [0.2, 0.25) is 0 Å². The summed E-state index contributed by atoms with van der Waals surface area (Å²) in [6.07, 6.45) is 0. The summed E-state index contributed by atoms with van der Waals surface area (Å²) in [4.78, 5) is 16.9. The molecule has 0 heterocycles. The highest BCUT2D eigenvalue weighted by Crippen LogP contribution is 2.22. The Labute approximate surface area is 203 Å². The number of rotatable bonds is 4. The zero-order chi connectivity index (χ0) is 22.4. The van der Waals surface area contributed by atoms with Crippen molar-refractivity contribution in [2.45, 2.75) is 0 Å². The third-order valence-electron chi connectivity index (χ3n) is 3.37. The highest BCUT2D eigenvalue weighted by Gasteiger charge is 2.13. The molecule has 0 aliphatic heterocycles. The Morgan fingerprint density at radius 3 is 0.806 bits per heavy atom. The summed E-state index contributed by atoms with van der Waals surface area (Å²) in [6, 6.07) is 42.8. The molecular formula is C24H20FI2O3P. The largest absolute Gasteiger partial charge is 0.786 e. The van der Waals surface area contributed by atoms with Crippen LogP contribution in [-0.2, 0) is 4.57 Å². The van der Waals surface area contributed by atoms with Gasteiger partial charge in [-0.1, -0.05) is 72.8 Å². The lowest BCUT2D eigenvalue weighted by atomic mass is 10.4. The fraction of sp³-hybridized carbons (Fsp3) is 0. The molecule has 160 valence electrons. The maximum absolute atomic E-state index is 10.1. The van der Waals surface area contributed by atoms with Crippen LogP contribution in [-0.4, -0.2) is 0 Å². The minimum Gasteiger partial charge on any atom is -0.786 e. The number of hydrogen-bond donors (Lipinski definition) is 0. The zero-order valence-electron chi connectivity index (χ0n) is 16.4. The summed E-state index contributed by atoms with van der Waals surface area (Å²) in [7, 11) is -5.64. The highest BCUT2D eigenvalue weighted by molar-refractivity contribution is 7.42. The molecule has 0 saturated carbocycles. The lowest BCUT2D eigenvalue weighted by molar-refractivity contribution is -0.597. The third kappa shape index (κ3) is 13.4. The second-order valence-corrected chi connectivity index (χ2v) is 12.7.